The Kier molecular flexibility index (Phi) is 5.35. The van der Waals surface area contributed by atoms with E-state index in [4.69, 9.17) is 4.74 Å². The molecule has 0 amide bonds. The maximum atomic E-state index is 10.1. The van der Waals surface area contributed by atoms with Crippen LogP contribution in [0.15, 0.2) is 42.0 Å². The van der Waals surface area contributed by atoms with E-state index in [2.05, 4.69) is 24.8 Å². The average Bonchev–Trinajstić information content (AvgIpc) is 2.70. The van der Waals surface area contributed by atoms with Crippen molar-refractivity contribution in [3.8, 4) is 5.75 Å². The van der Waals surface area contributed by atoms with Gasteiger partial charge in [-0.2, -0.15) is 0 Å². The molecular formula is C24H35NO2. The Morgan fingerprint density at radius 2 is 1.89 bits per heavy atom. The van der Waals surface area contributed by atoms with E-state index in [-0.39, 0.29) is 12.0 Å². The molecule has 2 fully saturated rings. The topological polar surface area (TPSA) is 32.7 Å². The van der Waals surface area contributed by atoms with E-state index in [0.717, 1.165) is 56.5 Å². The molecule has 27 heavy (non-hydrogen) atoms. The molecule has 1 aromatic carbocycles. The number of rotatable bonds is 7. The van der Waals surface area contributed by atoms with Gasteiger partial charge < -0.3 is 9.84 Å². The zero-order valence-electron chi connectivity index (χ0n) is 17.0. The summed E-state index contributed by atoms with van der Waals surface area (Å²) in [6, 6.07) is 10.0. The van der Waals surface area contributed by atoms with Crippen molar-refractivity contribution < 1.29 is 9.84 Å². The van der Waals surface area contributed by atoms with Crippen LogP contribution in [0.25, 0.3) is 0 Å². The third-order valence-corrected chi connectivity index (χ3v) is 7.89. The zero-order chi connectivity index (χ0) is 18.9. The molecule has 1 heterocycles. The number of nitrogens with zero attached hydrogens (tertiary/aromatic N) is 1. The Balaban J connectivity index is 1.26. The van der Waals surface area contributed by atoms with Crippen molar-refractivity contribution in [2.24, 2.45) is 22.7 Å². The fourth-order valence-electron chi connectivity index (χ4n) is 5.49. The smallest absolute Gasteiger partial charge is 0.119 e. The SMILES string of the molecule is CC1(C)[C@H]2CC=C(CN3CCC(CO)(CCOc4ccccc4)CC3)[C@@H]1C2. The van der Waals surface area contributed by atoms with Crippen molar-refractivity contribution in [1.82, 2.24) is 4.90 Å². The molecule has 2 atom stereocenters. The number of benzene rings is 1. The van der Waals surface area contributed by atoms with Crippen LogP contribution >= 0.6 is 0 Å². The second kappa shape index (κ2) is 7.60. The first-order valence-corrected chi connectivity index (χ1v) is 10.7. The van der Waals surface area contributed by atoms with Gasteiger partial charge >= 0.3 is 0 Å². The summed E-state index contributed by atoms with van der Waals surface area (Å²) in [6.07, 6.45) is 8.31. The van der Waals surface area contributed by atoms with Crippen LogP contribution in [0.3, 0.4) is 0 Å². The molecule has 1 saturated heterocycles. The van der Waals surface area contributed by atoms with Gasteiger partial charge in [0, 0.05) is 13.2 Å². The Morgan fingerprint density at radius 3 is 2.52 bits per heavy atom. The van der Waals surface area contributed by atoms with Gasteiger partial charge in [0.25, 0.3) is 0 Å². The lowest BCUT2D eigenvalue weighted by atomic mass is 9.49. The standard InChI is InChI=1S/C24H35NO2/c1-23(2)20-9-8-19(22(23)16-20)17-25-13-10-24(18-26,11-14-25)12-15-27-21-6-4-3-5-7-21/h3-8,20,22,26H,9-18H2,1-2H3/t20-,22-/m0/s1. The minimum atomic E-state index is 0.0348. The molecule has 0 radical (unpaired) electrons. The highest BCUT2D eigenvalue weighted by atomic mass is 16.5. The number of hydrogen-bond acceptors (Lipinski definition) is 3. The summed E-state index contributed by atoms with van der Waals surface area (Å²) < 4.78 is 5.89. The zero-order valence-corrected chi connectivity index (χ0v) is 17.0. The Bertz CT molecular complexity index is 658. The molecule has 0 aromatic heterocycles. The summed E-state index contributed by atoms with van der Waals surface area (Å²) in [5.41, 5.74) is 2.24. The molecule has 1 aliphatic heterocycles. The van der Waals surface area contributed by atoms with E-state index >= 15 is 0 Å². The normalized spacial score (nSPS) is 28.9. The van der Waals surface area contributed by atoms with Crippen molar-refractivity contribution in [2.75, 3.05) is 32.8 Å². The first-order valence-electron chi connectivity index (χ1n) is 10.7. The van der Waals surface area contributed by atoms with Crippen LogP contribution in [0.2, 0.25) is 0 Å². The van der Waals surface area contributed by atoms with E-state index < -0.39 is 0 Å². The van der Waals surface area contributed by atoms with Gasteiger partial charge in [0.2, 0.25) is 0 Å². The molecule has 3 heteroatoms. The molecule has 0 unspecified atom stereocenters. The van der Waals surface area contributed by atoms with E-state index in [9.17, 15) is 5.11 Å². The van der Waals surface area contributed by atoms with Crippen LogP contribution in [0.4, 0.5) is 0 Å². The lowest BCUT2D eigenvalue weighted by molar-refractivity contribution is -0.0156. The highest BCUT2D eigenvalue weighted by Gasteiger charge is 2.51. The molecule has 3 nitrogen and oxygen atoms in total. The minimum absolute atomic E-state index is 0.0348. The molecular weight excluding hydrogens is 334 g/mol. The molecule has 3 aliphatic carbocycles. The fraction of sp³-hybridized carbons (Fsp3) is 0.667. The van der Waals surface area contributed by atoms with Gasteiger partial charge in [0.05, 0.1) is 6.61 Å². The maximum absolute atomic E-state index is 10.1. The quantitative estimate of drug-likeness (QED) is 0.717. The second-order valence-corrected chi connectivity index (χ2v) is 9.67. The van der Waals surface area contributed by atoms with Crippen LogP contribution in [0, 0.1) is 22.7 Å². The predicted molar refractivity (Wildman–Crippen MR) is 110 cm³/mol. The maximum Gasteiger partial charge on any atom is 0.119 e. The highest BCUT2D eigenvalue weighted by molar-refractivity contribution is 5.24. The summed E-state index contributed by atoms with van der Waals surface area (Å²) in [5, 5.41) is 10.1. The van der Waals surface area contributed by atoms with E-state index in [1.54, 1.807) is 5.57 Å². The van der Waals surface area contributed by atoms with Gasteiger partial charge in [-0.1, -0.05) is 43.7 Å². The summed E-state index contributed by atoms with van der Waals surface area (Å²) in [5.74, 6) is 2.65. The third kappa shape index (κ3) is 3.82. The monoisotopic (exact) mass is 369 g/mol. The number of allylic oxidation sites excluding steroid dienone is 1. The lowest BCUT2D eigenvalue weighted by Gasteiger charge is -2.57. The second-order valence-electron chi connectivity index (χ2n) is 9.67. The number of aliphatic hydroxyl groups excluding tert-OH is 1. The van der Waals surface area contributed by atoms with E-state index in [0.29, 0.717) is 12.0 Å². The van der Waals surface area contributed by atoms with Gasteiger partial charge in [0.1, 0.15) is 5.75 Å². The molecule has 1 N–H and O–H groups in total. The van der Waals surface area contributed by atoms with E-state index in [1.165, 1.54) is 12.8 Å². The van der Waals surface area contributed by atoms with Crippen molar-refractivity contribution in [3.63, 3.8) is 0 Å². The number of ether oxygens (including phenoxy) is 1. The fourth-order valence-corrected chi connectivity index (χ4v) is 5.49. The molecule has 2 bridgehead atoms. The summed E-state index contributed by atoms with van der Waals surface area (Å²) >= 11 is 0. The van der Waals surface area contributed by atoms with Gasteiger partial charge in [-0.3, -0.25) is 4.90 Å². The lowest BCUT2D eigenvalue weighted by Crippen LogP contribution is -2.51. The minimum Gasteiger partial charge on any atom is -0.494 e. The number of para-hydroxylation sites is 1. The largest absolute Gasteiger partial charge is 0.494 e. The first kappa shape index (κ1) is 19.0. The molecule has 148 valence electrons. The van der Waals surface area contributed by atoms with Gasteiger partial charge in [-0.25, -0.2) is 0 Å². The molecule has 4 aliphatic rings. The van der Waals surface area contributed by atoms with Crippen molar-refractivity contribution in [1.29, 1.82) is 0 Å². The van der Waals surface area contributed by atoms with Crippen LogP contribution < -0.4 is 4.74 Å². The Hall–Kier alpha value is -1.32. The molecule has 1 aromatic rings. The Labute approximate surface area is 164 Å². The molecule has 5 rings (SSSR count). The van der Waals surface area contributed by atoms with Crippen molar-refractivity contribution >= 4 is 0 Å². The number of piperidine rings is 1. The van der Waals surface area contributed by atoms with Crippen molar-refractivity contribution in [3.05, 3.63) is 42.0 Å². The number of likely N-dealkylation sites (tertiary alicyclic amines) is 1. The van der Waals surface area contributed by atoms with Gasteiger partial charge in [-0.05, 0) is 80.0 Å². The van der Waals surface area contributed by atoms with E-state index in [1.807, 2.05) is 30.3 Å². The first-order chi connectivity index (χ1) is 13.0. The summed E-state index contributed by atoms with van der Waals surface area (Å²) in [4.78, 5) is 2.62. The number of hydrogen-bond donors (Lipinski definition) is 1. The van der Waals surface area contributed by atoms with Crippen LogP contribution in [-0.4, -0.2) is 42.9 Å². The summed E-state index contributed by atoms with van der Waals surface area (Å²) in [7, 11) is 0. The summed E-state index contributed by atoms with van der Waals surface area (Å²) in [6.45, 7) is 9.21. The predicted octanol–water partition coefficient (Wildman–Crippen LogP) is 4.52. The van der Waals surface area contributed by atoms with Gasteiger partial charge in [-0.15, -0.1) is 0 Å². The van der Waals surface area contributed by atoms with Crippen LogP contribution in [-0.2, 0) is 0 Å². The molecule has 0 spiro atoms. The Morgan fingerprint density at radius 1 is 1.15 bits per heavy atom. The van der Waals surface area contributed by atoms with Crippen molar-refractivity contribution in [2.45, 2.75) is 46.0 Å². The highest BCUT2D eigenvalue weighted by Crippen LogP contribution is 2.59. The van der Waals surface area contributed by atoms with Crippen LogP contribution in [0.5, 0.6) is 5.75 Å². The van der Waals surface area contributed by atoms with Crippen LogP contribution in [0.1, 0.15) is 46.0 Å². The average molecular weight is 370 g/mol. The van der Waals surface area contributed by atoms with Gasteiger partial charge in [0.15, 0.2) is 0 Å². The number of fused-ring (bicyclic) bond motifs is 1. The third-order valence-electron chi connectivity index (χ3n) is 7.89. The number of aliphatic hydroxyl groups is 1. The molecule has 1 saturated carbocycles.